The van der Waals surface area contributed by atoms with E-state index in [1.165, 1.54) is 6.20 Å². The van der Waals surface area contributed by atoms with Crippen molar-refractivity contribution in [2.75, 3.05) is 90.5 Å². The molecule has 3 atom stereocenters. The Morgan fingerprint density at radius 3 is 2.16 bits per heavy atom. The molecule has 0 saturated carbocycles. The van der Waals surface area contributed by atoms with E-state index >= 15 is 0 Å². The Kier molecular flexibility index (Phi) is 20.2. The number of thioether (sulfide) groups is 1. The maximum Gasteiger partial charge on any atom is 0.315 e. The first kappa shape index (κ1) is 52.2. The van der Waals surface area contributed by atoms with Crippen LogP contribution in [-0.2, 0) is 30.3 Å². The van der Waals surface area contributed by atoms with Gasteiger partial charge in [0, 0.05) is 86.1 Å². The molecule has 378 valence electrons. The van der Waals surface area contributed by atoms with Gasteiger partial charge in [0.15, 0.2) is 5.78 Å². The van der Waals surface area contributed by atoms with Crippen LogP contribution in [0.2, 0.25) is 0 Å². The predicted octanol–water partition coefficient (Wildman–Crippen LogP) is 4.44. The molecular formula is C51H68N8O10S. The van der Waals surface area contributed by atoms with Crippen LogP contribution in [0, 0.1) is 5.92 Å². The molecular weight excluding hydrogens is 917 g/mol. The summed E-state index contributed by atoms with van der Waals surface area (Å²) < 4.78 is 21.8. The number of rotatable bonds is 26. The molecule has 6 amide bonds. The van der Waals surface area contributed by atoms with E-state index in [-0.39, 0.29) is 78.2 Å². The van der Waals surface area contributed by atoms with E-state index in [0.717, 1.165) is 68.7 Å². The van der Waals surface area contributed by atoms with E-state index in [9.17, 15) is 28.8 Å². The number of benzene rings is 2. The zero-order valence-electron chi connectivity index (χ0n) is 40.1. The monoisotopic (exact) mass is 984 g/mol. The summed E-state index contributed by atoms with van der Waals surface area (Å²) in [5.74, 6) is 1.05. The molecule has 4 saturated heterocycles. The minimum atomic E-state index is -0.265. The first-order chi connectivity index (χ1) is 34.1. The number of ether oxygens (including phenoxy) is 4. The molecule has 18 nitrogen and oxygen atoms in total. The van der Waals surface area contributed by atoms with Crippen molar-refractivity contribution in [2.45, 2.75) is 87.7 Å². The molecule has 3 aromatic rings. The second kappa shape index (κ2) is 27.1. The number of pyridine rings is 1. The van der Waals surface area contributed by atoms with Crippen molar-refractivity contribution < 1.29 is 47.7 Å². The van der Waals surface area contributed by atoms with Gasteiger partial charge in [0.2, 0.25) is 11.8 Å². The van der Waals surface area contributed by atoms with Crippen LogP contribution in [0.15, 0.2) is 66.9 Å². The Balaban J connectivity index is 0.663. The average Bonchev–Trinajstić information content (AvgIpc) is 3.95. The van der Waals surface area contributed by atoms with Gasteiger partial charge >= 0.3 is 6.03 Å². The Hall–Kier alpha value is -5.60. The highest BCUT2D eigenvalue weighted by Gasteiger charge is 2.42. The van der Waals surface area contributed by atoms with Crippen LogP contribution in [-0.4, -0.2) is 159 Å². The van der Waals surface area contributed by atoms with Crippen LogP contribution in [0.25, 0.3) is 0 Å². The number of unbranched alkanes of at least 4 members (excludes halogenated alkanes) is 1. The summed E-state index contributed by atoms with van der Waals surface area (Å²) in [5, 5.41) is 15.3. The Bertz CT molecular complexity index is 2180. The third-order valence-electron chi connectivity index (χ3n) is 13.2. The number of hydrogen-bond donors (Lipinski definition) is 5. The summed E-state index contributed by atoms with van der Waals surface area (Å²) >= 11 is 1.89. The minimum Gasteiger partial charge on any atom is -0.497 e. The first-order valence-electron chi connectivity index (χ1n) is 24.7. The lowest BCUT2D eigenvalue weighted by molar-refractivity contribution is -0.121. The normalized spacial score (nSPS) is 19.5. The second-order valence-electron chi connectivity index (χ2n) is 18.2. The standard InChI is InChI=1S/C51H68N8O10S/c1-66-41-13-8-36(9-14-41)48(62)37-16-24-59(25-17-37)50(64)38-10-15-42(53-32-38)49(63)55-40-18-22-58(23-19-40)33-35-6-11-39(12-7-35)54-46(61)20-26-67-28-30-69-31-29-68-27-21-52-45(60)5-3-2-4-44-47-43(34-70-44)56-51(65)57-47/h6-15,32,37,40,43-44,47H,2-5,16-31,33-34H2,1H3,(H,52,60)(H,54,61)(H,55,63)(H2,56,57,65). The Labute approximate surface area is 414 Å². The Morgan fingerprint density at radius 1 is 0.757 bits per heavy atom. The van der Waals surface area contributed by atoms with E-state index < -0.39 is 0 Å². The number of methoxy groups -OCH3 is 1. The number of nitrogens with one attached hydrogen (secondary N) is 5. The maximum atomic E-state index is 13.2. The molecule has 4 aliphatic heterocycles. The quantitative estimate of drug-likeness (QED) is 0.0428. The van der Waals surface area contributed by atoms with Gasteiger partial charge in [-0.1, -0.05) is 18.6 Å². The molecule has 0 spiro atoms. The van der Waals surface area contributed by atoms with E-state index in [2.05, 4.69) is 36.5 Å². The third kappa shape index (κ3) is 16.0. The van der Waals surface area contributed by atoms with E-state index in [4.69, 9.17) is 18.9 Å². The van der Waals surface area contributed by atoms with Gasteiger partial charge in [0.05, 0.1) is 70.8 Å². The average molecular weight is 985 g/mol. The molecule has 5 heterocycles. The number of carbonyl (C=O) groups excluding carboxylic acids is 6. The molecule has 0 radical (unpaired) electrons. The van der Waals surface area contributed by atoms with Crippen LogP contribution in [0.1, 0.15) is 94.6 Å². The molecule has 0 aliphatic carbocycles. The van der Waals surface area contributed by atoms with Gasteiger partial charge in [-0.25, -0.2) is 4.79 Å². The molecule has 70 heavy (non-hydrogen) atoms. The molecule has 4 fully saturated rings. The van der Waals surface area contributed by atoms with Gasteiger partial charge in [-0.15, -0.1) is 0 Å². The topological polar surface area (TPSA) is 219 Å². The third-order valence-corrected chi connectivity index (χ3v) is 14.7. The maximum absolute atomic E-state index is 13.2. The van der Waals surface area contributed by atoms with Crippen LogP contribution in [0.5, 0.6) is 5.75 Å². The minimum absolute atomic E-state index is 0.0151. The van der Waals surface area contributed by atoms with E-state index in [1.807, 2.05) is 36.0 Å². The predicted molar refractivity (Wildman–Crippen MR) is 265 cm³/mol. The highest BCUT2D eigenvalue weighted by molar-refractivity contribution is 8.00. The molecule has 19 heteroatoms. The highest BCUT2D eigenvalue weighted by Crippen LogP contribution is 2.33. The Morgan fingerprint density at radius 2 is 1.46 bits per heavy atom. The molecule has 4 aliphatic rings. The second-order valence-corrected chi connectivity index (χ2v) is 19.4. The fourth-order valence-corrected chi connectivity index (χ4v) is 10.7. The number of carbonyl (C=O) groups is 6. The first-order valence-corrected chi connectivity index (χ1v) is 25.7. The van der Waals surface area contributed by atoms with Crippen molar-refractivity contribution in [3.8, 4) is 5.75 Å². The van der Waals surface area contributed by atoms with E-state index in [1.54, 1.807) is 48.4 Å². The van der Waals surface area contributed by atoms with Gasteiger partial charge in [-0.3, -0.25) is 33.9 Å². The SMILES string of the molecule is COc1ccc(C(=O)C2CCN(C(=O)c3ccc(C(=O)NC4CCN(Cc5ccc(NC(=O)CCOCCOCCOCCNC(=O)CCCCC6SCC7NC(=O)NC76)cc5)CC4)nc3)CC2)cc1. The lowest BCUT2D eigenvalue weighted by Gasteiger charge is -2.32. The largest absolute Gasteiger partial charge is 0.497 e. The van der Waals surface area contributed by atoms with Crippen LogP contribution in [0.4, 0.5) is 10.5 Å². The van der Waals surface area contributed by atoms with Gasteiger partial charge in [0.1, 0.15) is 11.4 Å². The fraction of sp³-hybridized carbons (Fsp3) is 0.549. The number of hydrogen-bond acceptors (Lipinski definition) is 13. The lowest BCUT2D eigenvalue weighted by Crippen LogP contribution is -2.44. The summed E-state index contributed by atoms with van der Waals surface area (Å²) in [5.41, 5.74) is 3.17. The number of fused-ring (bicyclic) bond motifs is 1. The van der Waals surface area contributed by atoms with Crippen molar-refractivity contribution in [3.05, 3.63) is 89.2 Å². The molecule has 7 rings (SSSR count). The fourth-order valence-electron chi connectivity index (χ4n) is 9.17. The number of nitrogens with zero attached hydrogens (tertiary/aromatic N) is 3. The number of ketones is 1. The summed E-state index contributed by atoms with van der Waals surface area (Å²) in [4.78, 5) is 83.9. The lowest BCUT2D eigenvalue weighted by atomic mass is 9.88. The number of likely N-dealkylation sites (tertiary alicyclic amines) is 2. The zero-order chi connectivity index (χ0) is 49.1. The summed E-state index contributed by atoms with van der Waals surface area (Å²) in [6.45, 7) is 6.04. The van der Waals surface area contributed by atoms with Crippen molar-refractivity contribution in [3.63, 3.8) is 0 Å². The highest BCUT2D eigenvalue weighted by atomic mass is 32.2. The van der Waals surface area contributed by atoms with Crippen LogP contribution in [0.3, 0.4) is 0 Å². The molecule has 5 N–H and O–H groups in total. The molecule has 2 aromatic carbocycles. The van der Waals surface area contributed by atoms with Crippen molar-refractivity contribution in [1.82, 2.24) is 36.1 Å². The van der Waals surface area contributed by atoms with Gasteiger partial charge < -0.3 is 50.4 Å². The summed E-state index contributed by atoms with van der Waals surface area (Å²) in [7, 11) is 1.59. The summed E-state index contributed by atoms with van der Waals surface area (Å²) in [6.07, 6.45) is 7.69. The van der Waals surface area contributed by atoms with Gasteiger partial charge in [0.25, 0.3) is 11.8 Å². The number of urea groups is 1. The number of amides is 6. The van der Waals surface area contributed by atoms with Crippen LogP contribution < -0.4 is 31.3 Å². The smallest absolute Gasteiger partial charge is 0.315 e. The number of piperidine rings is 2. The zero-order valence-corrected chi connectivity index (χ0v) is 40.9. The van der Waals surface area contributed by atoms with Gasteiger partial charge in [-0.05, 0) is 92.6 Å². The number of Topliss-reactive ketones (excluding diaryl/α,β-unsaturated/α-hetero) is 1. The van der Waals surface area contributed by atoms with Crippen molar-refractivity contribution >= 4 is 52.9 Å². The molecule has 1 aromatic heterocycles. The van der Waals surface area contributed by atoms with Crippen molar-refractivity contribution in [2.24, 2.45) is 5.92 Å². The summed E-state index contributed by atoms with van der Waals surface area (Å²) in [6, 6.07) is 18.5. The van der Waals surface area contributed by atoms with E-state index in [0.29, 0.717) is 94.1 Å². The van der Waals surface area contributed by atoms with Crippen LogP contribution >= 0.6 is 11.8 Å². The number of aromatic nitrogens is 1. The van der Waals surface area contributed by atoms with Gasteiger partial charge in [-0.2, -0.15) is 11.8 Å². The molecule has 0 bridgehead atoms. The van der Waals surface area contributed by atoms with Crippen molar-refractivity contribution in [1.29, 1.82) is 0 Å². The molecule has 3 unspecified atom stereocenters. The number of anilines is 1.